The van der Waals surface area contributed by atoms with Gasteiger partial charge < -0.3 is 0 Å². The van der Waals surface area contributed by atoms with Crippen molar-refractivity contribution in [3.8, 4) is 0 Å². The molecule has 0 aliphatic heterocycles. The van der Waals surface area contributed by atoms with Crippen molar-refractivity contribution in [2.75, 3.05) is 7.05 Å². The van der Waals surface area contributed by atoms with Crippen LogP contribution in [0.2, 0.25) is 0 Å². The third kappa shape index (κ3) is 5.73. The van der Waals surface area contributed by atoms with Crippen LogP contribution in [-0.2, 0) is 11.2 Å². The summed E-state index contributed by atoms with van der Waals surface area (Å²) in [5.74, 6) is 1.33. The molecule has 1 aromatic carbocycles. The minimum Gasteiger partial charge on any atom is -0.298 e. The number of nitrogens with zero attached hydrogens (tertiary/aromatic N) is 1. The van der Waals surface area contributed by atoms with Crippen LogP contribution in [0.1, 0.15) is 59.1 Å². The predicted molar refractivity (Wildman–Crippen MR) is 104 cm³/mol. The molecule has 1 aromatic rings. The molecule has 0 bridgehead atoms. The standard InChI is InChI=1S/C22H37NO/c1-15(2)22(24)21(23(8)16(3)4)19(7)18(6)11-14-20-12-9-17(5)10-13-20/h9-10,12-13,15-16,18-19,21H,11,14H2,1-8H3/t18-,19-,21+/m1/s1. The van der Waals surface area contributed by atoms with Crippen LogP contribution in [0.5, 0.6) is 0 Å². The summed E-state index contributed by atoms with van der Waals surface area (Å²) < 4.78 is 0. The maximum absolute atomic E-state index is 12.8. The molecular formula is C22H37NO. The number of hydrogen-bond acceptors (Lipinski definition) is 2. The molecule has 2 heteroatoms. The second-order valence-corrected chi connectivity index (χ2v) is 8.12. The van der Waals surface area contributed by atoms with Gasteiger partial charge in [-0.15, -0.1) is 0 Å². The lowest BCUT2D eigenvalue weighted by molar-refractivity contribution is -0.130. The van der Waals surface area contributed by atoms with Gasteiger partial charge in [0.25, 0.3) is 0 Å². The van der Waals surface area contributed by atoms with Crippen molar-refractivity contribution >= 4 is 5.78 Å². The van der Waals surface area contributed by atoms with Crippen molar-refractivity contribution in [2.45, 2.75) is 73.4 Å². The number of carbonyl (C=O) groups is 1. The van der Waals surface area contributed by atoms with Crippen molar-refractivity contribution in [1.29, 1.82) is 0 Å². The van der Waals surface area contributed by atoms with Gasteiger partial charge in [-0.2, -0.15) is 0 Å². The van der Waals surface area contributed by atoms with Crippen molar-refractivity contribution in [3.63, 3.8) is 0 Å². The van der Waals surface area contributed by atoms with E-state index in [2.05, 4.69) is 70.8 Å². The van der Waals surface area contributed by atoms with Gasteiger partial charge in [0.2, 0.25) is 0 Å². The second kappa shape index (κ2) is 9.36. The number of carbonyl (C=O) groups excluding carboxylic acids is 1. The quantitative estimate of drug-likeness (QED) is 0.625. The van der Waals surface area contributed by atoms with Gasteiger partial charge in [-0.3, -0.25) is 9.69 Å². The van der Waals surface area contributed by atoms with Crippen LogP contribution in [0.4, 0.5) is 0 Å². The maximum Gasteiger partial charge on any atom is 0.152 e. The Bertz CT molecular complexity index is 503. The van der Waals surface area contributed by atoms with Crippen LogP contribution >= 0.6 is 0 Å². The number of likely N-dealkylation sites (N-methyl/N-ethyl adjacent to an activating group) is 1. The van der Waals surface area contributed by atoms with Gasteiger partial charge in [0.15, 0.2) is 5.78 Å². The van der Waals surface area contributed by atoms with E-state index in [0.717, 1.165) is 12.8 Å². The maximum atomic E-state index is 12.8. The first-order chi connectivity index (χ1) is 11.1. The Labute approximate surface area is 149 Å². The summed E-state index contributed by atoms with van der Waals surface area (Å²) >= 11 is 0. The Hall–Kier alpha value is -1.15. The van der Waals surface area contributed by atoms with Crippen LogP contribution in [0, 0.1) is 24.7 Å². The Morgan fingerprint density at radius 2 is 1.54 bits per heavy atom. The van der Waals surface area contributed by atoms with E-state index >= 15 is 0 Å². The van der Waals surface area contributed by atoms with E-state index in [9.17, 15) is 4.79 Å². The fourth-order valence-electron chi connectivity index (χ4n) is 3.22. The molecule has 0 aliphatic carbocycles. The summed E-state index contributed by atoms with van der Waals surface area (Å²) in [6, 6.07) is 9.21. The summed E-state index contributed by atoms with van der Waals surface area (Å²) in [5, 5.41) is 0. The Kier molecular flexibility index (Phi) is 8.15. The zero-order valence-electron chi connectivity index (χ0n) is 17.0. The van der Waals surface area contributed by atoms with Crippen molar-refractivity contribution in [1.82, 2.24) is 4.90 Å². The summed E-state index contributed by atoms with van der Waals surface area (Å²) in [6.07, 6.45) is 2.21. The van der Waals surface area contributed by atoms with Crippen molar-refractivity contribution in [2.24, 2.45) is 17.8 Å². The number of rotatable bonds is 9. The highest BCUT2D eigenvalue weighted by Gasteiger charge is 2.34. The highest BCUT2D eigenvalue weighted by atomic mass is 16.1. The normalized spacial score (nSPS) is 15.8. The lowest BCUT2D eigenvalue weighted by Crippen LogP contribution is -2.49. The first-order valence-electron chi connectivity index (χ1n) is 9.46. The lowest BCUT2D eigenvalue weighted by atomic mass is 9.80. The van der Waals surface area contributed by atoms with Crippen LogP contribution in [0.15, 0.2) is 24.3 Å². The summed E-state index contributed by atoms with van der Waals surface area (Å²) in [7, 11) is 2.10. The highest BCUT2D eigenvalue weighted by Crippen LogP contribution is 2.27. The molecule has 0 N–H and O–H groups in total. The minimum atomic E-state index is 0.0121. The molecule has 0 amide bonds. The first kappa shape index (κ1) is 20.9. The summed E-state index contributed by atoms with van der Waals surface area (Å²) in [6.45, 7) is 15.1. The fourth-order valence-corrected chi connectivity index (χ4v) is 3.22. The number of aryl methyl sites for hydroxylation is 2. The fraction of sp³-hybridized carbons (Fsp3) is 0.682. The number of benzene rings is 1. The second-order valence-electron chi connectivity index (χ2n) is 8.12. The monoisotopic (exact) mass is 331 g/mol. The zero-order chi connectivity index (χ0) is 18.4. The molecular weight excluding hydrogens is 294 g/mol. The molecule has 136 valence electrons. The number of Topliss-reactive ketones (excluding diaryl/α,β-unsaturated/α-hetero) is 1. The largest absolute Gasteiger partial charge is 0.298 e. The van der Waals surface area contributed by atoms with Crippen molar-refractivity contribution < 1.29 is 4.79 Å². The molecule has 0 radical (unpaired) electrons. The number of ketones is 1. The third-order valence-corrected chi connectivity index (χ3v) is 5.52. The van der Waals surface area contributed by atoms with Gasteiger partial charge in [-0.25, -0.2) is 0 Å². The molecule has 3 atom stereocenters. The predicted octanol–water partition coefficient (Wildman–Crippen LogP) is 5.13. The van der Waals surface area contributed by atoms with Crippen LogP contribution in [-0.4, -0.2) is 29.8 Å². The summed E-state index contributed by atoms with van der Waals surface area (Å²) in [5.41, 5.74) is 2.70. The summed E-state index contributed by atoms with van der Waals surface area (Å²) in [4.78, 5) is 15.1. The smallest absolute Gasteiger partial charge is 0.152 e. The Balaban J connectivity index is 2.78. The molecule has 24 heavy (non-hydrogen) atoms. The first-order valence-corrected chi connectivity index (χ1v) is 9.46. The molecule has 0 heterocycles. The van der Waals surface area contributed by atoms with Gasteiger partial charge in [0.05, 0.1) is 6.04 Å². The molecule has 2 nitrogen and oxygen atoms in total. The van der Waals surface area contributed by atoms with Crippen molar-refractivity contribution in [3.05, 3.63) is 35.4 Å². The zero-order valence-corrected chi connectivity index (χ0v) is 17.0. The SMILES string of the molecule is Cc1ccc(CC[C@@H](C)[C@@H](C)[C@@H](C(=O)C(C)C)N(C)C(C)C)cc1. The van der Waals surface area contributed by atoms with Gasteiger partial charge in [0, 0.05) is 12.0 Å². The van der Waals surface area contributed by atoms with Gasteiger partial charge >= 0.3 is 0 Å². The average molecular weight is 332 g/mol. The van der Waals surface area contributed by atoms with Crippen LogP contribution < -0.4 is 0 Å². The molecule has 0 aromatic heterocycles. The minimum absolute atomic E-state index is 0.0121. The van der Waals surface area contributed by atoms with E-state index in [4.69, 9.17) is 0 Å². The van der Waals surface area contributed by atoms with E-state index in [-0.39, 0.29) is 12.0 Å². The van der Waals surface area contributed by atoms with Gasteiger partial charge in [0.1, 0.15) is 0 Å². The van der Waals surface area contributed by atoms with Crippen LogP contribution in [0.25, 0.3) is 0 Å². The van der Waals surface area contributed by atoms with E-state index in [1.54, 1.807) is 0 Å². The lowest BCUT2D eigenvalue weighted by Gasteiger charge is -2.38. The molecule has 0 aliphatic rings. The molecule has 0 unspecified atom stereocenters. The Morgan fingerprint density at radius 3 is 2.00 bits per heavy atom. The van der Waals surface area contributed by atoms with E-state index in [0.29, 0.717) is 23.7 Å². The third-order valence-electron chi connectivity index (χ3n) is 5.52. The molecule has 0 saturated carbocycles. The number of hydrogen-bond donors (Lipinski definition) is 0. The molecule has 0 spiro atoms. The van der Waals surface area contributed by atoms with Gasteiger partial charge in [-0.05, 0) is 58.1 Å². The molecule has 1 rings (SSSR count). The van der Waals surface area contributed by atoms with Gasteiger partial charge in [-0.1, -0.05) is 57.5 Å². The molecule has 0 saturated heterocycles. The van der Waals surface area contributed by atoms with E-state index in [1.807, 2.05) is 13.8 Å². The van der Waals surface area contributed by atoms with Crippen LogP contribution in [0.3, 0.4) is 0 Å². The topological polar surface area (TPSA) is 20.3 Å². The van der Waals surface area contributed by atoms with E-state index in [1.165, 1.54) is 11.1 Å². The average Bonchev–Trinajstić information content (AvgIpc) is 2.53. The Morgan fingerprint density at radius 1 is 1.00 bits per heavy atom. The highest BCUT2D eigenvalue weighted by molar-refractivity contribution is 5.86. The molecule has 0 fully saturated rings. The van der Waals surface area contributed by atoms with E-state index < -0.39 is 0 Å².